The summed E-state index contributed by atoms with van der Waals surface area (Å²) in [5.74, 6) is 0.673. The van der Waals surface area contributed by atoms with E-state index in [1.165, 1.54) is 5.56 Å². The van der Waals surface area contributed by atoms with Gasteiger partial charge in [-0.2, -0.15) is 0 Å². The number of fused-ring (bicyclic) bond motifs is 1. The summed E-state index contributed by atoms with van der Waals surface area (Å²) in [5.41, 5.74) is 10.2. The summed E-state index contributed by atoms with van der Waals surface area (Å²) in [5, 5.41) is 0. The van der Waals surface area contributed by atoms with Crippen LogP contribution in [0.2, 0.25) is 0 Å². The Bertz CT molecular complexity index is 718. The molecule has 0 spiro atoms. The number of rotatable bonds is 3. The Morgan fingerprint density at radius 2 is 2.00 bits per heavy atom. The predicted octanol–water partition coefficient (Wildman–Crippen LogP) is 4.14. The topological polar surface area (TPSA) is 52.0 Å². The molecule has 0 fully saturated rings. The van der Waals surface area contributed by atoms with Crippen molar-refractivity contribution in [2.45, 2.75) is 19.4 Å². The Labute approximate surface area is 125 Å². The number of oxazole rings is 1. The SMILES string of the molecule is Cc1cccc(C(N)Cc2nc3ccccc3o2)c1Br. The molecule has 0 saturated heterocycles. The van der Waals surface area contributed by atoms with Gasteiger partial charge < -0.3 is 10.2 Å². The molecule has 1 aromatic heterocycles. The van der Waals surface area contributed by atoms with Crippen LogP contribution in [-0.4, -0.2) is 4.98 Å². The van der Waals surface area contributed by atoms with Gasteiger partial charge in [0, 0.05) is 16.9 Å². The normalized spacial score (nSPS) is 12.8. The first-order valence-electron chi connectivity index (χ1n) is 6.50. The fourth-order valence-electron chi connectivity index (χ4n) is 2.26. The summed E-state index contributed by atoms with van der Waals surface area (Å²) in [7, 11) is 0. The molecular formula is C16H15BrN2O. The number of hydrogen-bond donors (Lipinski definition) is 1. The lowest BCUT2D eigenvalue weighted by Gasteiger charge is -2.13. The molecule has 0 radical (unpaired) electrons. The van der Waals surface area contributed by atoms with Crippen LogP contribution in [0.25, 0.3) is 11.1 Å². The van der Waals surface area contributed by atoms with E-state index in [9.17, 15) is 0 Å². The first-order valence-corrected chi connectivity index (χ1v) is 7.29. The molecule has 20 heavy (non-hydrogen) atoms. The lowest BCUT2D eigenvalue weighted by atomic mass is 10.0. The molecule has 1 atom stereocenters. The highest BCUT2D eigenvalue weighted by Crippen LogP contribution is 2.28. The summed E-state index contributed by atoms with van der Waals surface area (Å²) in [6.45, 7) is 2.06. The molecule has 0 bridgehead atoms. The van der Waals surface area contributed by atoms with Crippen molar-refractivity contribution in [3.8, 4) is 0 Å². The van der Waals surface area contributed by atoms with E-state index in [4.69, 9.17) is 10.2 Å². The second-order valence-electron chi connectivity index (χ2n) is 4.86. The van der Waals surface area contributed by atoms with Gasteiger partial charge in [-0.05, 0) is 30.2 Å². The Morgan fingerprint density at radius 3 is 2.80 bits per heavy atom. The monoisotopic (exact) mass is 330 g/mol. The molecule has 0 aliphatic heterocycles. The number of aryl methyl sites for hydroxylation is 1. The lowest BCUT2D eigenvalue weighted by Crippen LogP contribution is -2.14. The van der Waals surface area contributed by atoms with Crippen LogP contribution in [0.1, 0.15) is 23.1 Å². The third kappa shape index (κ3) is 2.49. The summed E-state index contributed by atoms with van der Waals surface area (Å²) >= 11 is 3.60. The molecule has 4 heteroatoms. The van der Waals surface area contributed by atoms with Crippen molar-refractivity contribution in [2.24, 2.45) is 5.73 Å². The van der Waals surface area contributed by atoms with Crippen LogP contribution in [0.4, 0.5) is 0 Å². The highest BCUT2D eigenvalue weighted by molar-refractivity contribution is 9.10. The fourth-order valence-corrected chi connectivity index (χ4v) is 2.82. The number of nitrogens with zero attached hydrogens (tertiary/aromatic N) is 1. The summed E-state index contributed by atoms with van der Waals surface area (Å²) in [6.07, 6.45) is 0.580. The summed E-state index contributed by atoms with van der Waals surface area (Å²) in [4.78, 5) is 4.47. The lowest BCUT2D eigenvalue weighted by molar-refractivity contribution is 0.502. The maximum absolute atomic E-state index is 6.29. The smallest absolute Gasteiger partial charge is 0.197 e. The maximum atomic E-state index is 6.29. The molecular weight excluding hydrogens is 316 g/mol. The van der Waals surface area contributed by atoms with Gasteiger partial charge in [-0.25, -0.2) is 4.98 Å². The van der Waals surface area contributed by atoms with E-state index in [2.05, 4.69) is 33.9 Å². The van der Waals surface area contributed by atoms with Gasteiger partial charge in [0.25, 0.3) is 0 Å². The van der Waals surface area contributed by atoms with Gasteiger partial charge in [-0.3, -0.25) is 0 Å². The number of nitrogens with two attached hydrogens (primary N) is 1. The van der Waals surface area contributed by atoms with Crippen LogP contribution in [-0.2, 0) is 6.42 Å². The van der Waals surface area contributed by atoms with Gasteiger partial charge in [0.2, 0.25) is 0 Å². The molecule has 3 nitrogen and oxygen atoms in total. The van der Waals surface area contributed by atoms with Crippen LogP contribution in [0.15, 0.2) is 51.4 Å². The van der Waals surface area contributed by atoms with Crippen molar-refractivity contribution in [3.05, 3.63) is 64.0 Å². The number of halogens is 1. The van der Waals surface area contributed by atoms with Crippen molar-refractivity contribution in [3.63, 3.8) is 0 Å². The first-order chi connectivity index (χ1) is 9.65. The highest BCUT2D eigenvalue weighted by atomic mass is 79.9. The predicted molar refractivity (Wildman–Crippen MR) is 83.5 cm³/mol. The van der Waals surface area contributed by atoms with Crippen LogP contribution < -0.4 is 5.73 Å². The van der Waals surface area contributed by atoms with Gasteiger partial charge in [0.1, 0.15) is 5.52 Å². The van der Waals surface area contributed by atoms with Crippen molar-refractivity contribution >= 4 is 27.0 Å². The second-order valence-corrected chi connectivity index (χ2v) is 5.66. The van der Waals surface area contributed by atoms with E-state index in [-0.39, 0.29) is 6.04 Å². The molecule has 0 saturated carbocycles. The molecule has 0 aliphatic rings. The molecule has 1 heterocycles. The third-order valence-electron chi connectivity index (χ3n) is 3.35. The van der Waals surface area contributed by atoms with Gasteiger partial charge in [0.05, 0.1) is 0 Å². The minimum Gasteiger partial charge on any atom is -0.441 e. The largest absolute Gasteiger partial charge is 0.441 e. The quantitative estimate of drug-likeness (QED) is 0.785. The van der Waals surface area contributed by atoms with E-state index in [0.29, 0.717) is 12.3 Å². The van der Waals surface area contributed by atoms with Crippen molar-refractivity contribution in [1.82, 2.24) is 4.98 Å². The molecule has 2 N–H and O–H groups in total. The third-order valence-corrected chi connectivity index (χ3v) is 4.44. The average Bonchev–Trinajstić information content (AvgIpc) is 2.83. The van der Waals surface area contributed by atoms with Crippen LogP contribution in [0, 0.1) is 6.92 Å². The zero-order chi connectivity index (χ0) is 14.1. The molecule has 1 unspecified atom stereocenters. The van der Waals surface area contributed by atoms with Gasteiger partial charge in [0.15, 0.2) is 11.5 Å². The number of hydrogen-bond acceptors (Lipinski definition) is 3. The van der Waals surface area contributed by atoms with Crippen LogP contribution in [0.3, 0.4) is 0 Å². The highest BCUT2D eigenvalue weighted by Gasteiger charge is 2.15. The zero-order valence-electron chi connectivity index (χ0n) is 11.1. The molecule has 0 aliphatic carbocycles. The standard InChI is InChI=1S/C16H15BrN2O/c1-10-5-4-6-11(16(10)17)12(18)9-15-19-13-7-2-3-8-14(13)20-15/h2-8,12H,9,18H2,1H3. The minimum atomic E-state index is -0.141. The fraction of sp³-hybridized carbons (Fsp3) is 0.188. The average molecular weight is 331 g/mol. The van der Waals surface area contributed by atoms with Crippen molar-refractivity contribution in [2.75, 3.05) is 0 Å². The Balaban J connectivity index is 1.88. The van der Waals surface area contributed by atoms with E-state index < -0.39 is 0 Å². The maximum Gasteiger partial charge on any atom is 0.197 e. The Hall–Kier alpha value is -1.65. The first kappa shape index (κ1) is 13.3. The second kappa shape index (κ2) is 5.38. The summed E-state index contributed by atoms with van der Waals surface area (Å²) in [6, 6.07) is 13.7. The number of aromatic nitrogens is 1. The van der Waals surface area contributed by atoms with Crippen molar-refractivity contribution in [1.29, 1.82) is 0 Å². The Morgan fingerprint density at radius 1 is 1.20 bits per heavy atom. The number of benzene rings is 2. The van der Waals surface area contributed by atoms with Gasteiger partial charge in [-0.1, -0.05) is 46.3 Å². The molecule has 0 amide bonds. The number of para-hydroxylation sites is 2. The van der Waals surface area contributed by atoms with E-state index in [0.717, 1.165) is 21.1 Å². The molecule has 2 aromatic carbocycles. The molecule has 3 rings (SSSR count). The summed E-state index contributed by atoms with van der Waals surface area (Å²) < 4.78 is 6.78. The molecule has 102 valence electrons. The van der Waals surface area contributed by atoms with Gasteiger partial charge in [-0.15, -0.1) is 0 Å². The van der Waals surface area contributed by atoms with E-state index in [1.807, 2.05) is 36.4 Å². The van der Waals surface area contributed by atoms with Gasteiger partial charge >= 0.3 is 0 Å². The van der Waals surface area contributed by atoms with Crippen molar-refractivity contribution < 1.29 is 4.42 Å². The molecule has 3 aromatic rings. The van der Waals surface area contributed by atoms with Crippen LogP contribution in [0.5, 0.6) is 0 Å². The van der Waals surface area contributed by atoms with Crippen LogP contribution >= 0.6 is 15.9 Å². The Kier molecular flexibility index (Phi) is 3.59. The van der Waals surface area contributed by atoms with E-state index >= 15 is 0 Å². The zero-order valence-corrected chi connectivity index (χ0v) is 12.7. The minimum absolute atomic E-state index is 0.141. The van der Waals surface area contributed by atoms with E-state index in [1.54, 1.807) is 0 Å².